The van der Waals surface area contributed by atoms with Crippen LogP contribution in [0.5, 0.6) is 0 Å². The molecule has 4 N–H and O–H groups in total. The lowest BCUT2D eigenvalue weighted by Crippen LogP contribution is -2.25. The van der Waals surface area contributed by atoms with Crippen molar-refractivity contribution in [2.45, 2.75) is 19.3 Å². The minimum atomic E-state index is -0.619. The SMILES string of the molecule is CC(C)(CO)c1ccc(-n2c(N)c3c(cc2=O)C(=O)NC3=O)cc1. The number of carbonyl (C=O) groups excluding carboxylic acids is 2. The van der Waals surface area contributed by atoms with Crippen LogP contribution in [-0.2, 0) is 5.41 Å². The van der Waals surface area contributed by atoms with E-state index in [0.717, 1.165) is 11.6 Å². The zero-order chi connectivity index (χ0) is 17.6. The van der Waals surface area contributed by atoms with Gasteiger partial charge in [-0.3, -0.25) is 24.3 Å². The third-order valence-electron chi connectivity index (χ3n) is 4.26. The molecule has 2 heterocycles. The average Bonchev–Trinajstić information content (AvgIpc) is 2.82. The number of nitrogens with two attached hydrogens (primary N) is 1. The second kappa shape index (κ2) is 5.31. The van der Waals surface area contributed by atoms with Gasteiger partial charge in [-0.25, -0.2) is 0 Å². The van der Waals surface area contributed by atoms with E-state index in [1.807, 2.05) is 13.8 Å². The third-order valence-corrected chi connectivity index (χ3v) is 4.26. The van der Waals surface area contributed by atoms with Gasteiger partial charge in [0.25, 0.3) is 17.4 Å². The van der Waals surface area contributed by atoms with E-state index in [-0.39, 0.29) is 23.6 Å². The fraction of sp³-hybridized carbons (Fsp3) is 0.235. The smallest absolute Gasteiger partial charge is 0.262 e. The molecule has 1 aromatic heterocycles. The summed E-state index contributed by atoms with van der Waals surface area (Å²) in [5, 5.41) is 11.6. The van der Waals surface area contributed by atoms with Crippen LogP contribution in [0.1, 0.15) is 40.1 Å². The first-order valence-electron chi connectivity index (χ1n) is 7.39. The first-order valence-corrected chi connectivity index (χ1v) is 7.39. The fourth-order valence-electron chi connectivity index (χ4n) is 2.70. The van der Waals surface area contributed by atoms with Crippen molar-refractivity contribution in [3.63, 3.8) is 0 Å². The molecule has 1 aromatic carbocycles. The van der Waals surface area contributed by atoms with Gasteiger partial charge >= 0.3 is 0 Å². The van der Waals surface area contributed by atoms with E-state index in [4.69, 9.17) is 5.73 Å². The number of rotatable bonds is 3. The summed E-state index contributed by atoms with van der Waals surface area (Å²) >= 11 is 0. The maximum Gasteiger partial charge on any atom is 0.262 e. The summed E-state index contributed by atoms with van der Waals surface area (Å²) in [7, 11) is 0. The summed E-state index contributed by atoms with van der Waals surface area (Å²) in [5.41, 5.74) is 6.45. The lowest BCUT2D eigenvalue weighted by atomic mass is 9.85. The van der Waals surface area contributed by atoms with Crippen molar-refractivity contribution in [1.29, 1.82) is 0 Å². The fourth-order valence-corrected chi connectivity index (χ4v) is 2.70. The number of imide groups is 1. The summed E-state index contributed by atoms with van der Waals surface area (Å²) in [4.78, 5) is 35.9. The number of benzene rings is 1. The summed E-state index contributed by atoms with van der Waals surface area (Å²) in [5.74, 6) is -1.31. The predicted molar refractivity (Wildman–Crippen MR) is 88.4 cm³/mol. The zero-order valence-corrected chi connectivity index (χ0v) is 13.3. The normalized spacial score (nSPS) is 13.8. The molecule has 0 bridgehead atoms. The number of aliphatic hydroxyl groups excluding tert-OH is 1. The molecule has 3 rings (SSSR count). The molecule has 0 atom stereocenters. The lowest BCUT2D eigenvalue weighted by Gasteiger charge is -2.22. The number of aromatic nitrogens is 1. The number of amides is 2. The number of carbonyl (C=O) groups is 2. The number of aliphatic hydroxyl groups is 1. The van der Waals surface area contributed by atoms with E-state index in [9.17, 15) is 19.5 Å². The molecule has 2 amide bonds. The Labute approximate surface area is 137 Å². The van der Waals surface area contributed by atoms with Crippen molar-refractivity contribution in [2.24, 2.45) is 0 Å². The third kappa shape index (κ3) is 2.30. The van der Waals surface area contributed by atoms with Gasteiger partial charge in [0.2, 0.25) is 0 Å². The van der Waals surface area contributed by atoms with Gasteiger partial charge in [0.05, 0.1) is 23.4 Å². The molecule has 24 heavy (non-hydrogen) atoms. The van der Waals surface area contributed by atoms with Crippen LogP contribution in [0, 0.1) is 0 Å². The molecule has 7 nitrogen and oxygen atoms in total. The summed E-state index contributed by atoms with van der Waals surface area (Å²) in [6.45, 7) is 3.78. The highest BCUT2D eigenvalue weighted by Gasteiger charge is 2.31. The second-order valence-electron chi connectivity index (χ2n) is 6.36. The number of hydrogen-bond acceptors (Lipinski definition) is 5. The Bertz CT molecular complexity index is 911. The van der Waals surface area contributed by atoms with Gasteiger partial charge in [-0.15, -0.1) is 0 Å². The molecule has 0 saturated heterocycles. The molecule has 124 valence electrons. The van der Waals surface area contributed by atoms with Gasteiger partial charge in [-0.1, -0.05) is 26.0 Å². The van der Waals surface area contributed by atoms with Crippen LogP contribution < -0.4 is 16.6 Å². The first kappa shape index (κ1) is 15.9. The van der Waals surface area contributed by atoms with E-state index in [1.165, 1.54) is 4.57 Å². The molecule has 1 aliphatic heterocycles. The molecule has 1 aliphatic rings. The van der Waals surface area contributed by atoms with Gasteiger partial charge in [0.1, 0.15) is 5.82 Å². The van der Waals surface area contributed by atoms with E-state index >= 15 is 0 Å². The molecule has 0 aliphatic carbocycles. The van der Waals surface area contributed by atoms with E-state index in [0.29, 0.717) is 5.69 Å². The Kier molecular flexibility index (Phi) is 3.53. The van der Waals surface area contributed by atoms with E-state index < -0.39 is 22.8 Å². The molecular formula is C17H17N3O4. The van der Waals surface area contributed by atoms with Gasteiger partial charge in [-0.2, -0.15) is 0 Å². The summed E-state index contributed by atoms with van der Waals surface area (Å²) in [6.07, 6.45) is 0. The van der Waals surface area contributed by atoms with Crippen molar-refractivity contribution in [3.05, 3.63) is 57.4 Å². The van der Waals surface area contributed by atoms with E-state index in [2.05, 4.69) is 5.32 Å². The number of nitrogens with one attached hydrogen (secondary N) is 1. The highest BCUT2D eigenvalue weighted by molar-refractivity contribution is 6.23. The highest BCUT2D eigenvalue weighted by atomic mass is 16.3. The lowest BCUT2D eigenvalue weighted by molar-refractivity contribution is 0.0880. The van der Waals surface area contributed by atoms with Crippen molar-refractivity contribution < 1.29 is 14.7 Å². The number of nitrogens with zero attached hydrogens (tertiary/aromatic N) is 1. The maximum atomic E-state index is 12.3. The Morgan fingerprint density at radius 3 is 2.33 bits per heavy atom. The Balaban J connectivity index is 2.15. The van der Waals surface area contributed by atoms with Crippen LogP contribution in [0.3, 0.4) is 0 Å². The highest BCUT2D eigenvalue weighted by Crippen LogP contribution is 2.26. The molecule has 0 fully saturated rings. The monoisotopic (exact) mass is 327 g/mol. The molecule has 7 heteroatoms. The van der Waals surface area contributed by atoms with Crippen molar-refractivity contribution in [2.75, 3.05) is 12.3 Å². The summed E-state index contributed by atoms with van der Waals surface area (Å²) < 4.78 is 1.19. The number of pyridine rings is 1. The Morgan fingerprint density at radius 1 is 1.12 bits per heavy atom. The number of hydrogen-bond donors (Lipinski definition) is 3. The van der Waals surface area contributed by atoms with Crippen LogP contribution >= 0.6 is 0 Å². The molecule has 0 spiro atoms. The Morgan fingerprint density at radius 2 is 1.75 bits per heavy atom. The number of fused-ring (bicyclic) bond motifs is 1. The summed E-state index contributed by atoms with van der Waals surface area (Å²) in [6, 6.07) is 8.06. The van der Waals surface area contributed by atoms with Crippen molar-refractivity contribution in [3.8, 4) is 5.69 Å². The van der Waals surface area contributed by atoms with Gasteiger partial charge in [0.15, 0.2) is 0 Å². The molecule has 0 saturated carbocycles. The topological polar surface area (TPSA) is 114 Å². The van der Waals surface area contributed by atoms with Crippen LogP contribution in [-0.4, -0.2) is 28.1 Å². The second-order valence-corrected chi connectivity index (χ2v) is 6.36. The van der Waals surface area contributed by atoms with Gasteiger partial charge < -0.3 is 10.8 Å². The van der Waals surface area contributed by atoms with Crippen LogP contribution in [0.25, 0.3) is 5.69 Å². The average molecular weight is 327 g/mol. The molecule has 0 radical (unpaired) electrons. The van der Waals surface area contributed by atoms with Crippen molar-refractivity contribution in [1.82, 2.24) is 9.88 Å². The largest absolute Gasteiger partial charge is 0.395 e. The standard InChI is InChI=1S/C17H17N3O4/c1-17(2,8-21)9-3-5-10(6-4-9)20-12(22)7-11-13(14(20)18)16(24)19-15(11)23/h3-7,21H,8,18H2,1-2H3,(H,19,23,24). The maximum absolute atomic E-state index is 12.3. The molecule has 2 aromatic rings. The van der Waals surface area contributed by atoms with Gasteiger partial charge in [-0.05, 0) is 17.7 Å². The molecular weight excluding hydrogens is 310 g/mol. The van der Waals surface area contributed by atoms with Crippen LogP contribution in [0.4, 0.5) is 5.82 Å². The predicted octanol–water partition coefficient (Wildman–Crippen LogP) is 0.573. The Hall–Kier alpha value is -2.93. The quantitative estimate of drug-likeness (QED) is 0.713. The number of anilines is 1. The molecule has 0 unspecified atom stereocenters. The van der Waals surface area contributed by atoms with Crippen LogP contribution in [0.2, 0.25) is 0 Å². The van der Waals surface area contributed by atoms with Crippen molar-refractivity contribution >= 4 is 17.6 Å². The number of nitrogen functional groups attached to an aromatic ring is 1. The van der Waals surface area contributed by atoms with E-state index in [1.54, 1.807) is 24.3 Å². The minimum Gasteiger partial charge on any atom is -0.395 e. The van der Waals surface area contributed by atoms with Crippen LogP contribution in [0.15, 0.2) is 35.1 Å². The van der Waals surface area contributed by atoms with Gasteiger partial charge in [0, 0.05) is 11.5 Å². The first-order chi connectivity index (χ1) is 11.3. The zero-order valence-electron chi connectivity index (χ0n) is 13.3. The minimum absolute atomic E-state index is 0.00298.